The zero-order chi connectivity index (χ0) is 21.8. The molecule has 1 aromatic heterocycles. The first-order valence-electron chi connectivity index (χ1n) is 10.2. The van der Waals surface area contributed by atoms with Gasteiger partial charge in [0.1, 0.15) is 11.6 Å². The minimum absolute atomic E-state index is 0.131. The highest BCUT2D eigenvalue weighted by Gasteiger charge is 2.12. The molecule has 4 nitrogen and oxygen atoms in total. The Balaban J connectivity index is 1.56. The molecule has 0 aliphatic heterocycles. The van der Waals surface area contributed by atoms with Gasteiger partial charge in [-0.25, -0.2) is 13.5 Å². The van der Waals surface area contributed by atoms with Crippen molar-refractivity contribution in [1.29, 1.82) is 0 Å². The summed E-state index contributed by atoms with van der Waals surface area (Å²) < 4.78 is 27.9. The summed E-state index contributed by atoms with van der Waals surface area (Å²) >= 11 is 0. The van der Waals surface area contributed by atoms with Crippen molar-refractivity contribution in [3.8, 4) is 0 Å². The van der Waals surface area contributed by atoms with Crippen LogP contribution in [0.1, 0.15) is 16.8 Å². The maximum atomic E-state index is 13.3. The minimum atomic E-state index is -0.282. The third-order valence-corrected chi connectivity index (χ3v) is 5.29. The molecule has 4 aromatic rings. The molecule has 0 radical (unpaired) electrons. The highest BCUT2D eigenvalue weighted by molar-refractivity contribution is 5.83. The van der Waals surface area contributed by atoms with E-state index < -0.39 is 0 Å². The molecule has 0 aliphatic rings. The van der Waals surface area contributed by atoms with Gasteiger partial charge < -0.3 is 4.90 Å². The Morgan fingerprint density at radius 3 is 2.06 bits per heavy atom. The van der Waals surface area contributed by atoms with E-state index in [0.29, 0.717) is 31.4 Å². The van der Waals surface area contributed by atoms with Gasteiger partial charge in [-0.1, -0.05) is 42.5 Å². The van der Waals surface area contributed by atoms with Gasteiger partial charge in [0.25, 0.3) is 5.56 Å². The SMILES string of the molecule is CN(CCn1nc(Cc2ccc(F)cc2)c2ccccc2c1=O)Cc1ccc(F)cc1. The maximum Gasteiger partial charge on any atom is 0.274 e. The van der Waals surface area contributed by atoms with Crippen molar-refractivity contribution in [3.63, 3.8) is 0 Å². The maximum absolute atomic E-state index is 13.3. The lowest BCUT2D eigenvalue weighted by Gasteiger charge is -2.18. The van der Waals surface area contributed by atoms with Crippen molar-refractivity contribution in [1.82, 2.24) is 14.7 Å². The van der Waals surface area contributed by atoms with E-state index in [1.165, 1.54) is 28.9 Å². The summed E-state index contributed by atoms with van der Waals surface area (Å²) in [5.74, 6) is -0.539. The van der Waals surface area contributed by atoms with Crippen molar-refractivity contribution in [2.24, 2.45) is 0 Å². The van der Waals surface area contributed by atoms with Gasteiger partial charge in [-0.3, -0.25) is 4.79 Å². The highest BCUT2D eigenvalue weighted by atomic mass is 19.1. The molecule has 1 heterocycles. The summed E-state index contributed by atoms with van der Waals surface area (Å²) in [6.45, 7) is 1.68. The van der Waals surface area contributed by atoms with Crippen LogP contribution < -0.4 is 5.56 Å². The predicted octanol–water partition coefficient (Wildman–Crippen LogP) is 4.40. The largest absolute Gasteiger partial charge is 0.300 e. The zero-order valence-corrected chi connectivity index (χ0v) is 17.3. The molecule has 3 aromatic carbocycles. The van der Waals surface area contributed by atoms with Crippen LogP contribution in [0.3, 0.4) is 0 Å². The molecule has 0 spiro atoms. The molecule has 0 aliphatic carbocycles. The molecule has 0 unspecified atom stereocenters. The summed E-state index contributed by atoms with van der Waals surface area (Å²) in [5, 5.41) is 6.08. The van der Waals surface area contributed by atoms with Crippen LogP contribution in [0.15, 0.2) is 77.6 Å². The quantitative estimate of drug-likeness (QED) is 0.446. The fourth-order valence-electron chi connectivity index (χ4n) is 3.63. The second-order valence-corrected chi connectivity index (χ2v) is 7.69. The Bertz CT molecular complexity index is 1230. The molecule has 0 saturated heterocycles. The number of fused-ring (bicyclic) bond motifs is 1. The second kappa shape index (κ2) is 9.18. The fraction of sp³-hybridized carbons (Fsp3) is 0.200. The molecule has 4 rings (SSSR count). The Morgan fingerprint density at radius 1 is 0.839 bits per heavy atom. The fourth-order valence-corrected chi connectivity index (χ4v) is 3.63. The van der Waals surface area contributed by atoms with Gasteiger partial charge in [0.15, 0.2) is 0 Å². The number of rotatable bonds is 7. The molecular weight excluding hydrogens is 396 g/mol. The van der Waals surface area contributed by atoms with E-state index in [1.807, 2.05) is 31.3 Å². The molecule has 158 valence electrons. The van der Waals surface area contributed by atoms with Crippen LogP contribution in [-0.2, 0) is 19.5 Å². The van der Waals surface area contributed by atoms with Gasteiger partial charge in [0.05, 0.1) is 17.6 Å². The summed E-state index contributed by atoms with van der Waals surface area (Å²) in [5.41, 5.74) is 2.58. The van der Waals surface area contributed by atoms with E-state index in [-0.39, 0.29) is 17.2 Å². The van der Waals surface area contributed by atoms with Crippen LogP contribution in [0.4, 0.5) is 8.78 Å². The van der Waals surface area contributed by atoms with Crippen LogP contribution in [0.2, 0.25) is 0 Å². The van der Waals surface area contributed by atoms with Crippen molar-refractivity contribution in [2.75, 3.05) is 13.6 Å². The normalized spacial score (nSPS) is 11.4. The third-order valence-electron chi connectivity index (χ3n) is 5.29. The predicted molar refractivity (Wildman–Crippen MR) is 118 cm³/mol. The number of hydrogen-bond acceptors (Lipinski definition) is 3. The Hall–Kier alpha value is -3.38. The van der Waals surface area contributed by atoms with Crippen LogP contribution in [-0.4, -0.2) is 28.3 Å². The summed E-state index contributed by atoms with van der Waals surface area (Å²) in [4.78, 5) is 15.0. The highest BCUT2D eigenvalue weighted by Crippen LogP contribution is 2.17. The van der Waals surface area contributed by atoms with Crippen LogP contribution in [0.5, 0.6) is 0 Å². The summed E-state index contributed by atoms with van der Waals surface area (Å²) in [7, 11) is 1.95. The number of halogens is 2. The number of likely N-dealkylation sites (N-methyl/N-ethyl adjacent to an activating group) is 1. The molecule has 0 amide bonds. The van der Waals surface area contributed by atoms with Gasteiger partial charge in [0, 0.05) is 24.9 Å². The first-order chi connectivity index (χ1) is 15.0. The van der Waals surface area contributed by atoms with Gasteiger partial charge in [-0.2, -0.15) is 5.10 Å². The average molecular weight is 419 g/mol. The van der Waals surface area contributed by atoms with Gasteiger partial charge in [0.2, 0.25) is 0 Å². The number of hydrogen-bond donors (Lipinski definition) is 0. The smallest absolute Gasteiger partial charge is 0.274 e. The van der Waals surface area contributed by atoms with Crippen molar-refractivity contribution >= 4 is 10.8 Å². The number of nitrogens with zero attached hydrogens (tertiary/aromatic N) is 3. The van der Waals surface area contributed by atoms with Crippen LogP contribution in [0.25, 0.3) is 10.8 Å². The van der Waals surface area contributed by atoms with Crippen LogP contribution in [0, 0.1) is 11.6 Å². The standard InChI is InChI=1S/C25H23F2N3O/c1-29(17-19-8-12-21(27)13-9-19)14-15-30-25(31)23-5-3-2-4-22(23)24(28-30)16-18-6-10-20(26)11-7-18/h2-13H,14-17H2,1H3. The van der Waals surface area contributed by atoms with E-state index in [4.69, 9.17) is 0 Å². The van der Waals surface area contributed by atoms with E-state index in [2.05, 4.69) is 10.00 Å². The average Bonchev–Trinajstić information content (AvgIpc) is 2.78. The third kappa shape index (κ3) is 5.03. The zero-order valence-electron chi connectivity index (χ0n) is 17.3. The molecule has 0 saturated carbocycles. The molecular formula is C25H23F2N3O. The van der Waals surface area contributed by atoms with E-state index in [1.54, 1.807) is 24.3 Å². The number of aromatic nitrogens is 2. The lowest BCUT2D eigenvalue weighted by atomic mass is 10.0. The van der Waals surface area contributed by atoms with E-state index in [0.717, 1.165) is 22.2 Å². The van der Waals surface area contributed by atoms with Crippen molar-refractivity contribution in [2.45, 2.75) is 19.5 Å². The van der Waals surface area contributed by atoms with Crippen molar-refractivity contribution < 1.29 is 8.78 Å². The first kappa shape index (κ1) is 20.9. The molecule has 0 N–H and O–H groups in total. The Morgan fingerprint density at radius 2 is 1.42 bits per heavy atom. The number of benzene rings is 3. The monoisotopic (exact) mass is 419 g/mol. The lowest BCUT2D eigenvalue weighted by Crippen LogP contribution is -2.31. The summed E-state index contributed by atoms with van der Waals surface area (Å²) in [6.07, 6.45) is 0.506. The molecule has 6 heteroatoms. The van der Waals surface area contributed by atoms with Crippen molar-refractivity contribution in [3.05, 3.63) is 112 Å². The minimum Gasteiger partial charge on any atom is -0.300 e. The molecule has 0 fully saturated rings. The van der Waals surface area contributed by atoms with Crippen LogP contribution >= 0.6 is 0 Å². The lowest BCUT2D eigenvalue weighted by molar-refractivity contribution is 0.302. The molecule has 0 atom stereocenters. The summed E-state index contributed by atoms with van der Waals surface area (Å²) in [6, 6.07) is 20.2. The van der Waals surface area contributed by atoms with Gasteiger partial charge in [-0.05, 0) is 48.5 Å². The molecule has 0 bridgehead atoms. The topological polar surface area (TPSA) is 38.1 Å². The Kier molecular flexibility index (Phi) is 6.18. The van der Waals surface area contributed by atoms with Gasteiger partial charge in [-0.15, -0.1) is 0 Å². The Labute approximate surface area is 179 Å². The molecule has 31 heavy (non-hydrogen) atoms. The van der Waals surface area contributed by atoms with Gasteiger partial charge >= 0.3 is 0 Å². The second-order valence-electron chi connectivity index (χ2n) is 7.69. The van der Waals surface area contributed by atoms with E-state index in [9.17, 15) is 13.6 Å². The van der Waals surface area contributed by atoms with E-state index >= 15 is 0 Å². The first-order valence-corrected chi connectivity index (χ1v) is 10.2.